The predicted octanol–water partition coefficient (Wildman–Crippen LogP) is 4.89. The summed E-state index contributed by atoms with van der Waals surface area (Å²) in [5.41, 5.74) is 2.86. The molecule has 0 N–H and O–H groups in total. The van der Waals surface area contributed by atoms with Crippen LogP contribution in [0.1, 0.15) is 12.8 Å². The van der Waals surface area contributed by atoms with Crippen LogP contribution in [0.4, 0.5) is 0 Å². The van der Waals surface area contributed by atoms with Crippen molar-refractivity contribution >= 4 is 32.4 Å². The monoisotopic (exact) mass is 366 g/mol. The molecule has 1 saturated carbocycles. The van der Waals surface area contributed by atoms with Gasteiger partial charge in [-0.1, -0.05) is 30.3 Å². The van der Waals surface area contributed by atoms with Gasteiger partial charge >= 0.3 is 0 Å². The Morgan fingerprint density at radius 3 is 2.72 bits per heavy atom. The van der Waals surface area contributed by atoms with E-state index in [4.69, 9.17) is 9.40 Å². The maximum Gasteiger partial charge on any atom is 0.245 e. The molecule has 4 nitrogen and oxygen atoms in total. The van der Waals surface area contributed by atoms with Crippen molar-refractivity contribution in [1.82, 2.24) is 9.97 Å². The summed E-state index contributed by atoms with van der Waals surface area (Å²) in [4.78, 5) is 9.81. The number of hydrogen-bond donors (Lipinski definition) is 0. The van der Waals surface area contributed by atoms with E-state index in [9.17, 15) is 4.21 Å². The topological polar surface area (TPSA) is 56.0 Å². The standard InChI is InChI=1S/C19H14N2O2S2/c22-25(13-6-7-13)17-11-15-14(12-4-2-1-3-5-12)10-16(21-19(15)24-17)18-20-8-9-23-18/h1-5,8-11,13H,6-7H2. The van der Waals surface area contributed by atoms with Crippen molar-refractivity contribution < 1.29 is 8.63 Å². The summed E-state index contributed by atoms with van der Waals surface area (Å²) >= 11 is 1.51. The van der Waals surface area contributed by atoms with Gasteiger partial charge in [0.1, 0.15) is 16.8 Å². The lowest BCUT2D eigenvalue weighted by atomic mass is 10.0. The van der Waals surface area contributed by atoms with Crippen LogP contribution in [0.5, 0.6) is 0 Å². The van der Waals surface area contributed by atoms with Crippen LogP contribution in [0.3, 0.4) is 0 Å². The van der Waals surface area contributed by atoms with Crippen LogP contribution in [0.15, 0.2) is 63.6 Å². The van der Waals surface area contributed by atoms with E-state index in [1.165, 1.54) is 11.3 Å². The van der Waals surface area contributed by atoms with E-state index in [-0.39, 0.29) is 0 Å². The molecule has 5 rings (SSSR count). The molecule has 1 atom stereocenters. The van der Waals surface area contributed by atoms with Gasteiger partial charge in [-0.2, -0.15) is 0 Å². The Balaban J connectivity index is 1.75. The second-order valence-corrected chi connectivity index (χ2v) is 9.03. The van der Waals surface area contributed by atoms with Gasteiger partial charge in [0.15, 0.2) is 0 Å². The Labute approximate surface area is 151 Å². The van der Waals surface area contributed by atoms with Crippen molar-refractivity contribution in [3.05, 3.63) is 54.9 Å². The van der Waals surface area contributed by atoms with Gasteiger partial charge in [-0.25, -0.2) is 9.97 Å². The number of rotatable bonds is 4. The molecule has 6 heteroatoms. The molecule has 1 aliphatic rings. The fourth-order valence-electron chi connectivity index (χ4n) is 2.85. The first-order chi connectivity index (χ1) is 12.3. The summed E-state index contributed by atoms with van der Waals surface area (Å²) < 4.78 is 18.9. The molecule has 3 heterocycles. The molecular weight excluding hydrogens is 352 g/mol. The van der Waals surface area contributed by atoms with Gasteiger partial charge in [0.2, 0.25) is 5.89 Å². The van der Waals surface area contributed by atoms with Crippen LogP contribution in [0.2, 0.25) is 0 Å². The van der Waals surface area contributed by atoms with Gasteiger partial charge < -0.3 is 4.42 Å². The number of pyridine rings is 1. The van der Waals surface area contributed by atoms with Gasteiger partial charge in [-0.15, -0.1) is 11.3 Å². The van der Waals surface area contributed by atoms with Crippen molar-refractivity contribution in [3.63, 3.8) is 0 Å². The zero-order valence-corrected chi connectivity index (χ0v) is 14.8. The maximum absolute atomic E-state index is 12.6. The molecule has 1 fully saturated rings. The summed E-state index contributed by atoms with van der Waals surface area (Å²) in [6.45, 7) is 0. The minimum Gasteiger partial charge on any atom is -0.443 e. The van der Waals surface area contributed by atoms with E-state index in [0.29, 0.717) is 16.8 Å². The molecule has 3 aromatic heterocycles. The third-order valence-corrected chi connectivity index (χ3v) is 7.40. The molecule has 124 valence electrons. The van der Waals surface area contributed by atoms with Crippen LogP contribution in [-0.4, -0.2) is 19.4 Å². The van der Waals surface area contributed by atoms with E-state index < -0.39 is 10.8 Å². The number of benzene rings is 1. The summed E-state index contributed by atoms with van der Waals surface area (Å²) in [6, 6.07) is 14.2. The van der Waals surface area contributed by atoms with Crippen LogP contribution >= 0.6 is 11.3 Å². The molecular formula is C19H14N2O2S2. The zero-order valence-electron chi connectivity index (χ0n) is 13.2. The maximum atomic E-state index is 12.6. The van der Waals surface area contributed by atoms with Gasteiger partial charge in [-0.05, 0) is 36.1 Å². The average molecular weight is 366 g/mol. The average Bonchev–Trinajstić information content (AvgIpc) is 3.18. The molecule has 0 aliphatic heterocycles. The molecule has 1 unspecified atom stereocenters. The van der Waals surface area contributed by atoms with Crippen molar-refractivity contribution in [2.24, 2.45) is 0 Å². The molecule has 0 bridgehead atoms. The fraction of sp³-hybridized carbons (Fsp3) is 0.158. The predicted molar refractivity (Wildman–Crippen MR) is 100.0 cm³/mol. The van der Waals surface area contributed by atoms with Gasteiger partial charge in [0, 0.05) is 10.6 Å². The first kappa shape index (κ1) is 15.0. The number of aromatic nitrogens is 2. The van der Waals surface area contributed by atoms with E-state index in [0.717, 1.165) is 38.4 Å². The number of nitrogens with zero attached hydrogens (tertiary/aromatic N) is 2. The van der Waals surface area contributed by atoms with E-state index in [2.05, 4.69) is 17.1 Å². The van der Waals surface area contributed by atoms with E-state index >= 15 is 0 Å². The van der Waals surface area contributed by atoms with Crippen LogP contribution in [0, 0.1) is 0 Å². The summed E-state index contributed by atoms with van der Waals surface area (Å²) in [5, 5.41) is 1.36. The zero-order chi connectivity index (χ0) is 16.8. The highest BCUT2D eigenvalue weighted by Crippen LogP contribution is 2.40. The molecule has 0 radical (unpaired) electrons. The third kappa shape index (κ3) is 2.71. The van der Waals surface area contributed by atoms with Gasteiger partial charge in [0.05, 0.1) is 21.2 Å². The molecule has 0 saturated heterocycles. The first-order valence-corrected chi connectivity index (χ1v) is 10.1. The van der Waals surface area contributed by atoms with Crippen LogP contribution in [0.25, 0.3) is 32.9 Å². The summed E-state index contributed by atoms with van der Waals surface area (Å²) in [7, 11) is -0.925. The van der Waals surface area contributed by atoms with Crippen molar-refractivity contribution in [2.75, 3.05) is 0 Å². The second kappa shape index (κ2) is 5.89. The highest BCUT2D eigenvalue weighted by Gasteiger charge is 2.31. The van der Waals surface area contributed by atoms with Gasteiger partial charge in [0.25, 0.3) is 0 Å². The Kier molecular flexibility index (Phi) is 3.53. The van der Waals surface area contributed by atoms with Gasteiger partial charge in [-0.3, -0.25) is 4.21 Å². The van der Waals surface area contributed by atoms with Crippen molar-refractivity contribution in [3.8, 4) is 22.7 Å². The highest BCUT2D eigenvalue weighted by molar-refractivity contribution is 7.88. The molecule has 0 spiro atoms. The smallest absolute Gasteiger partial charge is 0.245 e. The minimum atomic E-state index is -0.925. The lowest BCUT2D eigenvalue weighted by Crippen LogP contribution is -1.93. The Hall–Kier alpha value is -2.31. The first-order valence-electron chi connectivity index (χ1n) is 8.10. The molecule has 0 amide bonds. The quantitative estimate of drug-likeness (QED) is 0.516. The minimum absolute atomic E-state index is 0.319. The number of hydrogen-bond acceptors (Lipinski definition) is 5. The number of thiophene rings is 1. The number of oxazole rings is 1. The van der Waals surface area contributed by atoms with Crippen molar-refractivity contribution in [1.29, 1.82) is 0 Å². The molecule has 1 aliphatic carbocycles. The lowest BCUT2D eigenvalue weighted by molar-refractivity contribution is 0.572. The van der Waals surface area contributed by atoms with E-state index in [1.807, 2.05) is 30.3 Å². The lowest BCUT2D eigenvalue weighted by Gasteiger charge is -2.05. The second-order valence-electron chi connectivity index (χ2n) is 6.04. The summed E-state index contributed by atoms with van der Waals surface area (Å²) in [6.07, 6.45) is 5.28. The highest BCUT2D eigenvalue weighted by atomic mass is 32.2. The molecule has 4 aromatic rings. The SMILES string of the molecule is O=S(c1cc2c(-c3ccccc3)cc(-c3ncco3)nc2s1)C1CC1. The normalized spacial score (nSPS) is 15.5. The van der Waals surface area contributed by atoms with Crippen LogP contribution < -0.4 is 0 Å². The Morgan fingerprint density at radius 2 is 2.00 bits per heavy atom. The third-order valence-electron chi connectivity index (χ3n) is 4.24. The van der Waals surface area contributed by atoms with Crippen molar-refractivity contribution in [2.45, 2.75) is 22.3 Å². The van der Waals surface area contributed by atoms with Crippen LogP contribution in [-0.2, 0) is 10.8 Å². The summed E-state index contributed by atoms with van der Waals surface area (Å²) in [5.74, 6) is 0.498. The Morgan fingerprint density at radius 1 is 1.16 bits per heavy atom. The van der Waals surface area contributed by atoms with E-state index in [1.54, 1.807) is 12.5 Å². The fourth-order valence-corrected chi connectivity index (χ4v) is 5.74. The number of fused-ring (bicyclic) bond motifs is 1. The molecule has 1 aromatic carbocycles. The molecule has 25 heavy (non-hydrogen) atoms. The Bertz CT molecular complexity index is 1070. The largest absolute Gasteiger partial charge is 0.443 e.